The van der Waals surface area contributed by atoms with E-state index in [2.05, 4.69) is 5.32 Å². The van der Waals surface area contributed by atoms with Gasteiger partial charge < -0.3 is 15.3 Å². The Morgan fingerprint density at radius 3 is 2.78 bits per heavy atom. The Morgan fingerprint density at radius 2 is 2.17 bits per heavy atom. The number of para-hydroxylation sites is 1. The highest BCUT2D eigenvalue weighted by atomic mass is 35.5. The number of nitrogens with one attached hydrogen (secondary N) is 1. The predicted molar refractivity (Wildman–Crippen MR) is 73.9 cm³/mol. The number of aliphatic hydroxyl groups excluding tert-OH is 1. The van der Waals surface area contributed by atoms with E-state index in [1.165, 1.54) is 0 Å². The molecule has 0 radical (unpaired) electrons. The van der Waals surface area contributed by atoms with Crippen molar-refractivity contribution in [2.24, 2.45) is 0 Å². The van der Waals surface area contributed by atoms with Crippen LogP contribution >= 0.6 is 11.6 Å². The smallest absolute Gasteiger partial charge is 0.225 e. The molecule has 0 saturated carbocycles. The Balaban J connectivity index is 2.41. The van der Waals surface area contributed by atoms with Crippen LogP contribution in [0.5, 0.6) is 0 Å². The molecule has 1 atom stereocenters. The lowest BCUT2D eigenvalue weighted by Gasteiger charge is -2.22. The molecule has 0 aliphatic heterocycles. The molecule has 1 amide bonds. The van der Waals surface area contributed by atoms with Gasteiger partial charge in [0.05, 0.1) is 17.3 Å². The topological polar surface area (TPSA) is 52.6 Å². The van der Waals surface area contributed by atoms with E-state index in [0.29, 0.717) is 23.7 Å². The summed E-state index contributed by atoms with van der Waals surface area (Å²) in [4.78, 5) is 13.7. The molecular weight excluding hydrogens is 252 g/mol. The monoisotopic (exact) mass is 270 g/mol. The van der Waals surface area contributed by atoms with Crippen LogP contribution in [0, 0.1) is 0 Å². The minimum absolute atomic E-state index is 0.0538. The Hall–Kier alpha value is -1.10. The molecule has 18 heavy (non-hydrogen) atoms. The van der Waals surface area contributed by atoms with Crippen molar-refractivity contribution < 1.29 is 9.90 Å². The zero-order valence-corrected chi connectivity index (χ0v) is 11.4. The molecule has 100 valence electrons. The van der Waals surface area contributed by atoms with Gasteiger partial charge in [-0.05, 0) is 26.1 Å². The number of halogens is 1. The molecule has 0 aliphatic carbocycles. The van der Waals surface area contributed by atoms with Gasteiger partial charge in [0.25, 0.3) is 0 Å². The van der Waals surface area contributed by atoms with E-state index < -0.39 is 0 Å². The maximum atomic E-state index is 11.7. The van der Waals surface area contributed by atoms with Gasteiger partial charge in [0.1, 0.15) is 0 Å². The number of rotatable bonds is 6. The first kappa shape index (κ1) is 15.0. The summed E-state index contributed by atoms with van der Waals surface area (Å²) in [7, 11) is 1.88. The van der Waals surface area contributed by atoms with Crippen LogP contribution in [-0.4, -0.2) is 42.2 Å². The van der Waals surface area contributed by atoms with Gasteiger partial charge in [-0.25, -0.2) is 0 Å². The molecule has 1 rings (SSSR count). The van der Waals surface area contributed by atoms with E-state index in [1.807, 2.05) is 31.0 Å². The maximum Gasteiger partial charge on any atom is 0.225 e. The van der Waals surface area contributed by atoms with Gasteiger partial charge in [-0.2, -0.15) is 0 Å². The number of hydrogen-bond acceptors (Lipinski definition) is 3. The third-order valence-electron chi connectivity index (χ3n) is 2.86. The number of anilines is 1. The van der Waals surface area contributed by atoms with E-state index >= 15 is 0 Å². The highest BCUT2D eigenvalue weighted by Gasteiger charge is 2.10. The number of nitrogens with zero attached hydrogens (tertiary/aromatic N) is 1. The maximum absolute atomic E-state index is 11.7. The molecule has 0 bridgehead atoms. The molecule has 1 aromatic rings. The summed E-state index contributed by atoms with van der Waals surface area (Å²) in [6.07, 6.45) is 0.367. The van der Waals surface area contributed by atoms with Crippen molar-refractivity contribution >= 4 is 23.2 Å². The molecule has 1 unspecified atom stereocenters. The van der Waals surface area contributed by atoms with Crippen molar-refractivity contribution in [3.05, 3.63) is 29.3 Å². The molecule has 2 N–H and O–H groups in total. The Bertz CT molecular complexity index is 398. The van der Waals surface area contributed by atoms with Gasteiger partial charge in [0, 0.05) is 19.0 Å². The van der Waals surface area contributed by atoms with E-state index in [9.17, 15) is 4.79 Å². The zero-order valence-electron chi connectivity index (χ0n) is 10.7. The molecule has 0 fully saturated rings. The standard InChI is InChI=1S/C13H19ClN2O2/c1-10(9-17)16(2)8-7-13(18)15-12-6-4-3-5-11(12)14/h3-6,10,17H,7-9H2,1-2H3,(H,15,18). The first-order valence-electron chi connectivity index (χ1n) is 5.90. The van der Waals surface area contributed by atoms with Crippen LogP contribution in [0.15, 0.2) is 24.3 Å². The van der Waals surface area contributed by atoms with Gasteiger partial charge in [0.2, 0.25) is 5.91 Å². The van der Waals surface area contributed by atoms with E-state index in [4.69, 9.17) is 16.7 Å². The van der Waals surface area contributed by atoms with Gasteiger partial charge >= 0.3 is 0 Å². The number of likely N-dealkylation sites (N-methyl/N-ethyl adjacent to an activating group) is 1. The van der Waals surface area contributed by atoms with Crippen LogP contribution in [0.2, 0.25) is 5.02 Å². The summed E-state index contributed by atoms with van der Waals surface area (Å²) in [6, 6.07) is 7.19. The second-order valence-corrected chi connectivity index (χ2v) is 4.70. The highest BCUT2D eigenvalue weighted by molar-refractivity contribution is 6.33. The summed E-state index contributed by atoms with van der Waals surface area (Å²) in [6.45, 7) is 2.59. The second kappa shape index (κ2) is 7.36. The van der Waals surface area contributed by atoms with E-state index in [-0.39, 0.29) is 18.6 Å². The van der Waals surface area contributed by atoms with E-state index in [0.717, 1.165) is 0 Å². The molecular formula is C13H19ClN2O2. The van der Waals surface area contributed by atoms with E-state index in [1.54, 1.807) is 12.1 Å². The molecule has 1 aromatic carbocycles. The number of carbonyl (C=O) groups is 1. The SMILES string of the molecule is CC(CO)N(C)CCC(=O)Nc1ccccc1Cl. The van der Waals surface area contributed by atoms with Gasteiger partial charge in [-0.3, -0.25) is 4.79 Å². The van der Waals surface area contributed by atoms with Crippen LogP contribution in [-0.2, 0) is 4.79 Å². The van der Waals surface area contributed by atoms with Crippen molar-refractivity contribution in [3.8, 4) is 0 Å². The third kappa shape index (κ3) is 4.64. The normalized spacial score (nSPS) is 12.5. The molecule has 5 heteroatoms. The summed E-state index contributed by atoms with van der Waals surface area (Å²) in [5.74, 6) is -0.0833. The predicted octanol–water partition coefficient (Wildman–Crippen LogP) is 1.98. The summed E-state index contributed by atoms with van der Waals surface area (Å²) < 4.78 is 0. The van der Waals surface area contributed by atoms with Gasteiger partial charge in [-0.1, -0.05) is 23.7 Å². The van der Waals surface area contributed by atoms with Gasteiger partial charge in [-0.15, -0.1) is 0 Å². The average molecular weight is 271 g/mol. The van der Waals surface area contributed by atoms with Crippen LogP contribution in [0.1, 0.15) is 13.3 Å². The number of amides is 1. The Labute approximate surface area is 113 Å². The van der Waals surface area contributed by atoms with Crippen molar-refractivity contribution in [1.82, 2.24) is 4.90 Å². The van der Waals surface area contributed by atoms with Crippen LogP contribution < -0.4 is 5.32 Å². The third-order valence-corrected chi connectivity index (χ3v) is 3.19. The summed E-state index contributed by atoms with van der Waals surface area (Å²) >= 11 is 5.95. The van der Waals surface area contributed by atoms with Crippen LogP contribution in [0.25, 0.3) is 0 Å². The average Bonchev–Trinajstić information content (AvgIpc) is 2.37. The Kier molecular flexibility index (Phi) is 6.12. The van der Waals surface area contributed by atoms with Crippen molar-refractivity contribution in [2.45, 2.75) is 19.4 Å². The molecule has 0 saturated heterocycles. The number of benzene rings is 1. The largest absolute Gasteiger partial charge is 0.395 e. The van der Waals surface area contributed by atoms with Crippen molar-refractivity contribution in [2.75, 3.05) is 25.5 Å². The molecule has 0 heterocycles. The minimum Gasteiger partial charge on any atom is -0.395 e. The fraction of sp³-hybridized carbons (Fsp3) is 0.462. The first-order chi connectivity index (χ1) is 8.54. The number of aliphatic hydroxyl groups is 1. The number of carbonyl (C=O) groups excluding carboxylic acids is 1. The van der Waals surface area contributed by atoms with Crippen LogP contribution in [0.3, 0.4) is 0 Å². The van der Waals surface area contributed by atoms with Crippen LogP contribution in [0.4, 0.5) is 5.69 Å². The van der Waals surface area contributed by atoms with Gasteiger partial charge in [0.15, 0.2) is 0 Å². The van der Waals surface area contributed by atoms with Crippen molar-refractivity contribution in [1.29, 1.82) is 0 Å². The zero-order chi connectivity index (χ0) is 13.5. The quantitative estimate of drug-likeness (QED) is 0.831. The minimum atomic E-state index is -0.0833. The van der Waals surface area contributed by atoms with Crippen molar-refractivity contribution in [3.63, 3.8) is 0 Å². The fourth-order valence-corrected chi connectivity index (χ4v) is 1.60. The second-order valence-electron chi connectivity index (χ2n) is 4.29. The molecule has 0 aliphatic rings. The fourth-order valence-electron chi connectivity index (χ4n) is 1.41. The summed E-state index contributed by atoms with van der Waals surface area (Å²) in [5.41, 5.74) is 0.627. The number of hydrogen-bond donors (Lipinski definition) is 2. The lowest BCUT2D eigenvalue weighted by Crippen LogP contribution is -2.34. The Morgan fingerprint density at radius 1 is 1.50 bits per heavy atom. The summed E-state index contributed by atoms with van der Waals surface area (Å²) in [5, 5.41) is 12.3. The molecule has 0 aromatic heterocycles. The first-order valence-corrected chi connectivity index (χ1v) is 6.28. The molecule has 4 nitrogen and oxygen atoms in total. The lowest BCUT2D eigenvalue weighted by atomic mass is 10.2. The highest BCUT2D eigenvalue weighted by Crippen LogP contribution is 2.20. The molecule has 0 spiro atoms. The lowest BCUT2D eigenvalue weighted by molar-refractivity contribution is -0.116.